The van der Waals surface area contributed by atoms with Crippen LogP contribution in [-0.2, 0) is 33.4 Å². The Morgan fingerprint density at radius 3 is 2.43 bits per heavy atom. The van der Waals surface area contributed by atoms with Crippen molar-refractivity contribution in [1.29, 1.82) is 0 Å². The van der Waals surface area contributed by atoms with Gasteiger partial charge in [-0.25, -0.2) is 0 Å². The first-order valence-corrected chi connectivity index (χ1v) is 6.41. The van der Waals surface area contributed by atoms with Crippen molar-refractivity contribution in [1.82, 2.24) is 5.32 Å². The van der Waals surface area contributed by atoms with Gasteiger partial charge in [0.25, 0.3) is 6.29 Å². The molecule has 0 unspecified atom stereocenters. The molecule has 0 saturated carbocycles. The normalized spacial score (nSPS) is 35.9. The molecule has 0 aromatic heterocycles. The molecular weight excluding hydrogens is 282 g/mol. The van der Waals surface area contributed by atoms with Crippen LogP contribution in [-0.4, -0.2) is 41.7 Å². The average molecular weight is 295 g/mol. The summed E-state index contributed by atoms with van der Waals surface area (Å²) in [5.74, 6) is -3.93. The Bertz CT molecular complexity index is 567. The molecule has 3 aliphatic heterocycles. The molecule has 3 rings (SSSR count). The number of hydrogen-bond donors (Lipinski definition) is 1. The van der Waals surface area contributed by atoms with Gasteiger partial charge in [-0.3, -0.25) is 24.5 Å². The zero-order valence-electron chi connectivity index (χ0n) is 11.3. The van der Waals surface area contributed by atoms with Crippen LogP contribution in [0.25, 0.3) is 0 Å². The molecule has 0 spiro atoms. The predicted octanol–water partition coefficient (Wildman–Crippen LogP) is -0.965. The molecule has 112 valence electrons. The summed E-state index contributed by atoms with van der Waals surface area (Å²) in [7, 11) is 0. The van der Waals surface area contributed by atoms with Crippen molar-refractivity contribution in [2.75, 3.05) is 0 Å². The molecule has 4 atom stereocenters. The first-order valence-electron chi connectivity index (χ1n) is 6.41. The van der Waals surface area contributed by atoms with Gasteiger partial charge in [-0.15, -0.1) is 0 Å². The lowest BCUT2D eigenvalue weighted by atomic mass is 9.76. The molecule has 8 heteroatoms. The summed E-state index contributed by atoms with van der Waals surface area (Å²) in [6.07, 6.45) is 1.11. The molecule has 2 saturated heterocycles. The number of fused-ring (bicyclic) bond motifs is 5. The predicted molar refractivity (Wildman–Crippen MR) is 64.2 cm³/mol. The van der Waals surface area contributed by atoms with Crippen molar-refractivity contribution in [2.24, 2.45) is 11.8 Å². The van der Waals surface area contributed by atoms with E-state index in [0.717, 1.165) is 13.8 Å². The van der Waals surface area contributed by atoms with E-state index >= 15 is 0 Å². The van der Waals surface area contributed by atoms with Gasteiger partial charge < -0.3 is 14.2 Å². The summed E-state index contributed by atoms with van der Waals surface area (Å²) >= 11 is 0. The molecule has 0 aliphatic carbocycles. The van der Waals surface area contributed by atoms with Gasteiger partial charge in [0, 0.05) is 13.8 Å². The summed E-state index contributed by atoms with van der Waals surface area (Å²) in [4.78, 5) is 46.3. The fourth-order valence-corrected chi connectivity index (χ4v) is 3.14. The molecule has 2 bridgehead atoms. The SMILES string of the molecule is CC(=O)OC(OC(C)=O)[C@]12C=C[C@H](O1)[C@@H]1C(=O)NC(=O)[C@H]12. The Morgan fingerprint density at radius 2 is 1.86 bits per heavy atom. The summed E-state index contributed by atoms with van der Waals surface area (Å²) in [6, 6.07) is 0. The van der Waals surface area contributed by atoms with E-state index in [-0.39, 0.29) is 0 Å². The maximum absolute atomic E-state index is 12.0. The molecule has 8 nitrogen and oxygen atoms in total. The highest BCUT2D eigenvalue weighted by molar-refractivity contribution is 6.07. The highest BCUT2D eigenvalue weighted by Gasteiger charge is 2.70. The summed E-state index contributed by atoms with van der Waals surface area (Å²) in [5.41, 5.74) is -1.46. The van der Waals surface area contributed by atoms with E-state index in [1.165, 1.54) is 6.08 Å². The first-order chi connectivity index (χ1) is 9.85. The van der Waals surface area contributed by atoms with Crippen LogP contribution in [0.2, 0.25) is 0 Å². The number of imide groups is 1. The fraction of sp³-hybridized carbons (Fsp3) is 0.538. The van der Waals surface area contributed by atoms with Crippen LogP contribution in [0, 0.1) is 11.8 Å². The monoisotopic (exact) mass is 295 g/mol. The van der Waals surface area contributed by atoms with Gasteiger partial charge in [0.2, 0.25) is 11.8 Å². The van der Waals surface area contributed by atoms with Gasteiger partial charge in [0.05, 0.1) is 17.9 Å². The number of carbonyl (C=O) groups is 4. The van der Waals surface area contributed by atoms with Crippen molar-refractivity contribution in [2.45, 2.75) is 31.8 Å². The molecule has 3 aliphatic rings. The number of ether oxygens (including phenoxy) is 3. The standard InChI is InChI=1S/C13H13NO7/c1-5(15)19-12(20-6(2)16)13-4-3-7(21-13)8-9(13)11(18)14-10(8)17/h3-4,7-9,12H,1-2H3,(H,14,17,18)/t7-,8-,9-,13+/m0/s1. The Balaban J connectivity index is 1.99. The topological polar surface area (TPSA) is 108 Å². The second-order valence-corrected chi connectivity index (χ2v) is 5.20. The van der Waals surface area contributed by atoms with Gasteiger partial charge in [0.15, 0.2) is 5.60 Å². The van der Waals surface area contributed by atoms with Crippen molar-refractivity contribution in [3.05, 3.63) is 12.2 Å². The third kappa shape index (κ3) is 1.86. The summed E-state index contributed by atoms with van der Waals surface area (Å²) in [5, 5.41) is 2.23. The third-order valence-electron chi connectivity index (χ3n) is 3.83. The Labute approximate surface area is 119 Å². The molecule has 0 aromatic carbocycles. The number of amides is 2. The van der Waals surface area contributed by atoms with Crippen molar-refractivity contribution >= 4 is 23.8 Å². The highest BCUT2D eigenvalue weighted by atomic mass is 16.7. The Kier molecular flexibility index (Phi) is 2.87. The minimum atomic E-state index is -1.46. The fourth-order valence-electron chi connectivity index (χ4n) is 3.14. The van der Waals surface area contributed by atoms with Crippen LogP contribution in [0.3, 0.4) is 0 Å². The lowest BCUT2D eigenvalue weighted by Crippen LogP contribution is -2.52. The molecule has 2 fully saturated rings. The van der Waals surface area contributed by atoms with E-state index in [1.54, 1.807) is 6.08 Å². The molecule has 1 N–H and O–H groups in total. The number of hydrogen-bond acceptors (Lipinski definition) is 7. The van der Waals surface area contributed by atoms with Crippen LogP contribution in [0.15, 0.2) is 12.2 Å². The Hall–Kier alpha value is -2.22. The second-order valence-electron chi connectivity index (χ2n) is 5.20. The number of carbonyl (C=O) groups excluding carboxylic acids is 4. The number of nitrogens with one attached hydrogen (secondary N) is 1. The van der Waals surface area contributed by atoms with Crippen molar-refractivity contribution < 1.29 is 33.4 Å². The Morgan fingerprint density at radius 1 is 1.24 bits per heavy atom. The molecule has 0 radical (unpaired) electrons. The second kappa shape index (κ2) is 4.39. The lowest BCUT2D eigenvalue weighted by Gasteiger charge is -2.34. The van der Waals surface area contributed by atoms with E-state index in [9.17, 15) is 19.2 Å². The van der Waals surface area contributed by atoms with Crippen LogP contribution >= 0.6 is 0 Å². The van der Waals surface area contributed by atoms with Gasteiger partial charge in [-0.1, -0.05) is 6.08 Å². The van der Waals surface area contributed by atoms with Crippen LogP contribution in [0.5, 0.6) is 0 Å². The molecule has 21 heavy (non-hydrogen) atoms. The van der Waals surface area contributed by atoms with E-state index in [2.05, 4.69) is 5.32 Å². The molecular formula is C13H13NO7. The average Bonchev–Trinajstić information content (AvgIpc) is 3.00. The van der Waals surface area contributed by atoms with E-state index in [1.807, 2.05) is 0 Å². The van der Waals surface area contributed by atoms with Gasteiger partial charge in [0.1, 0.15) is 0 Å². The van der Waals surface area contributed by atoms with E-state index in [0.29, 0.717) is 0 Å². The zero-order valence-corrected chi connectivity index (χ0v) is 11.3. The molecule has 0 aromatic rings. The minimum absolute atomic E-state index is 0.439. The van der Waals surface area contributed by atoms with Crippen LogP contribution in [0.4, 0.5) is 0 Å². The van der Waals surface area contributed by atoms with Gasteiger partial charge in [-0.2, -0.15) is 0 Å². The molecule has 3 heterocycles. The maximum Gasteiger partial charge on any atom is 0.305 e. The van der Waals surface area contributed by atoms with Gasteiger partial charge in [-0.05, 0) is 6.08 Å². The number of esters is 2. The molecule has 2 amide bonds. The van der Waals surface area contributed by atoms with E-state index < -0.39 is 53.6 Å². The first kappa shape index (κ1) is 13.7. The quantitative estimate of drug-likeness (QED) is 0.309. The third-order valence-corrected chi connectivity index (χ3v) is 3.83. The zero-order chi connectivity index (χ0) is 15.4. The maximum atomic E-state index is 12.0. The lowest BCUT2D eigenvalue weighted by molar-refractivity contribution is -0.226. The van der Waals surface area contributed by atoms with Crippen molar-refractivity contribution in [3.63, 3.8) is 0 Å². The van der Waals surface area contributed by atoms with E-state index in [4.69, 9.17) is 14.2 Å². The summed E-state index contributed by atoms with van der Waals surface area (Å²) < 4.78 is 15.7. The minimum Gasteiger partial charge on any atom is -0.422 e. The summed E-state index contributed by atoms with van der Waals surface area (Å²) in [6.45, 7) is 2.30. The largest absolute Gasteiger partial charge is 0.422 e. The van der Waals surface area contributed by atoms with Gasteiger partial charge >= 0.3 is 11.9 Å². The smallest absolute Gasteiger partial charge is 0.305 e. The highest BCUT2D eigenvalue weighted by Crippen LogP contribution is 2.52. The number of rotatable bonds is 3. The van der Waals surface area contributed by atoms with Crippen molar-refractivity contribution in [3.8, 4) is 0 Å². The van der Waals surface area contributed by atoms with Crippen LogP contribution < -0.4 is 5.32 Å². The van der Waals surface area contributed by atoms with Crippen LogP contribution in [0.1, 0.15) is 13.8 Å².